The smallest absolute Gasteiger partial charge is 0.308 e. The Morgan fingerprint density at radius 3 is 2.55 bits per heavy atom. The number of carbonyl (C=O) groups is 1. The van der Waals surface area contributed by atoms with Crippen LogP contribution < -0.4 is 0 Å². The molecule has 3 heterocycles. The average molecular weight is 451 g/mol. The van der Waals surface area contributed by atoms with Gasteiger partial charge in [-0.15, -0.1) is 0 Å². The van der Waals surface area contributed by atoms with Gasteiger partial charge >= 0.3 is 5.97 Å². The zero-order chi connectivity index (χ0) is 22.0. The molecule has 1 aromatic carbocycles. The standard InChI is InChI=1S/C21H30N4O5S/c1-3-25-19-5-4-17(31(27,28)24-10-12-30-13-11-24)14-18(19)22-20(25)15-23-8-6-16(7-9-23)21(26)29-2/h4-5,14,16H,3,6-13,15H2,1-2H3. The number of likely N-dealkylation sites (tertiary alicyclic amines) is 1. The molecule has 2 aliphatic heterocycles. The Bertz CT molecular complexity index is 1040. The lowest BCUT2D eigenvalue weighted by Crippen LogP contribution is -2.40. The summed E-state index contributed by atoms with van der Waals surface area (Å²) in [5.74, 6) is 0.753. The largest absolute Gasteiger partial charge is 0.469 e. The minimum absolute atomic E-state index is 0.0285. The topological polar surface area (TPSA) is 94.0 Å². The number of carbonyl (C=O) groups excluding carboxylic acids is 1. The lowest BCUT2D eigenvalue weighted by atomic mass is 9.97. The molecule has 0 aliphatic carbocycles. The molecule has 0 unspecified atom stereocenters. The molecule has 2 aromatic rings. The zero-order valence-corrected chi connectivity index (χ0v) is 18.9. The second-order valence-electron chi connectivity index (χ2n) is 8.01. The first kappa shape index (κ1) is 22.2. The van der Waals surface area contributed by atoms with Gasteiger partial charge in [0, 0.05) is 19.6 Å². The van der Waals surface area contributed by atoms with Crippen molar-refractivity contribution in [2.45, 2.75) is 37.8 Å². The van der Waals surface area contributed by atoms with Crippen LogP contribution in [0.5, 0.6) is 0 Å². The zero-order valence-electron chi connectivity index (χ0n) is 18.1. The molecule has 0 atom stereocenters. The van der Waals surface area contributed by atoms with E-state index in [0.717, 1.165) is 43.8 Å². The van der Waals surface area contributed by atoms with E-state index in [0.29, 0.717) is 38.4 Å². The normalized spacial score (nSPS) is 19.7. The van der Waals surface area contributed by atoms with Crippen molar-refractivity contribution in [2.24, 2.45) is 5.92 Å². The number of imidazole rings is 1. The predicted octanol–water partition coefficient (Wildman–Crippen LogP) is 1.46. The number of benzene rings is 1. The molecule has 4 rings (SSSR count). The van der Waals surface area contributed by atoms with Crippen LogP contribution in [-0.2, 0) is 37.4 Å². The second-order valence-corrected chi connectivity index (χ2v) is 9.95. The van der Waals surface area contributed by atoms with Gasteiger partial charge in [-0.25, -0.2) is 13.4 Å². The van der Waals surface area contributed by atoms with Crippen molar-refractivity contribution in [2.75, 3.05) is 46.5 Å². The van der Waals surface area contributed by atoms with Crippen LogP contribution in [0.3, 0.4) is 0 Å². The van der Waals surface area contributed by atoms with E-state index in [-0.39, 0.29) is 16.8 Å². The van der Waals surface area contributed by atoms with Crippen LogP contribution in [0.2, 0.25) is 0 Å². The van der Waals surface area contributed by atoms with Gasteiger partial charge in [-0.2, -0.15) is 4.31 Å². The first-order valence-electron chi connectivity index (χ1n) is 10.8. The Balaban J connectivity index is 1.54. The molecule has 1 aromatic heterocycles. The molecule has 0 amide bonds. The molecule has 170 valence electrons. The van der Waals surface area contributed by atoms with Gasteiger partial charge in [0.15, 0.2) is 0 Å². The number of ether oxygens (including phenoxy) is 2. The Kier molecular flexibility index (Phi) is 6.61. The molecule has 2 aliphatic rings. The summed E-state index contributed by atoms with van der Waals surface area (Å²) in [5.41, 5.74) is 1.62. The quantitative estimate of drug-likeness (QED) is 0.615. The maximum absolute atomic E-state index is 13.0. The number of hydrogen-bond acceptors (Lipinski definition) is 7. The van der Waals surface area contributed by atoms with Crippen molar-refractivity contribution in [1.29, 1.82) is 0 Å². The van der Waals surface area contributed by atoms with Crippen molar-refractivity contribution in [3.63, 3.8) is 0 Å². The number of fused-ring (bicyclic) bond motifs is 1. The van der Waals surface area contributed by atoms with E-state index in [1.54, 1.807) is 12.1 Å². The Morgan fingerprint density at radius 2 is 1.90 bits per heavy atom. The number of morpholine rings is 1. The highest BCUT2D eigenvalue weighted by Gasteiger charge is 2.28. The molecule has 0 saturated carbocycles. The second kappa shape index (κ2) is 9.23. The molecule has 2 fully saturated rings. The molecule has 0 radical (unpaired) electrons. The first-order valence-corrected chi connectivity index (χ1v) is 12.2. The highest BCUT2D eigenvalue weighted by Crippen LogP contribution is 2.25. The Hall–Kier alpha value is -2.01. The van der Waals surface area contributed by atoms with E-state index in [1.807, 2.05) is 6.07 Å². The maximum Gasteiger partial charge on any atom is 0.308 e. The van der Waals surface area contributed by atoms with Crippen LogP contribution in [0.4, 0.5) is 0 Å². The molecule has 31 heavy (non-hydrogen) atoms. The van der Waals surface area contributed by atoms with E-state index in [1.165, 1.54) is 11.4 Å². The van der Waals surface area contributed by atoms with Crippen LogP contribution in [0, 0.1) is 5.92 Å². The van der Waals surface area contributed by atoms with Gasteiger partial charge in [-0.3, -0.25) is 9.69 Å². The summed E-state index contributed by atoms with van der Waals surface area (Å²) in [6, 6.07) is 5.21. The molecule has 0 spiro atoms. The van der Waals surface area contributed by atoms with Gasteiger partial charge in [0.2, 0.25) is 10.0 Å². The van der Waals surface area contributed by atoms with Crippen molar-refractivity contribution < 1.29 is 22.7 Å². The monoisotopic (exact) mass is 450 g/mol. The van der Waals surface area contributed by atoms with Gasteiger partial charge in [-0.1, -0.05) is 0 Å². The number of sulfonamides is 1. The summed E-state index contributed by atoms with van der Waals surface area (Å²) in [4.78, 5) is 19.1. The third-order valence-electron chi connectivity index (χ3n) is 6.21. The minimum atomic E-state index is -3.56. The summed E-state index contributed by atoms with van der Waals surface area (Å²) in [7, 11) is -2.12. The molecule has 0 bridgehead atoms. The fourth-order valence-corrected chi connectivity index (χ4v) is 5.85. The summed E-state index contributed by atoms with van der Waals surface area (Å²) in [6.45, 7) is 6.68. The van der Waals surface area contributed by atoms with Crippen molar-refractivity contribution >= 4 is 27.0 Å². The number of rotatable bonds is 6. The third-order valence-corrected chi connectivity index (χ3v) is 8.10. The minimum Gasteiger partial charge on any atom is -0.469 e. The van der Waals surface area contributed by atoms with Gasteiger partial charge < -0.3 is 14.0 Å². The lowest BCUT2D eigenvalue weighted by molar-refractivity contribution is -0.147. The number of piperidine rings is 1. The Morgan fingerprint density at radius 1 is 1.19 bits per heavy atom. The summed E-state index contributed by atoms with van der Waals surface area (Å²) in [6.07, 6.45) is 1.56. The lowest BCUT2D eigenvalue weighted by Gasteiger charge is -2.30. The van der Waals surface area contributed by atoms with Gasteiger partial charge in [-0.05, 0) is 51.1 Å². The van der Waals surface area contributed by atoms with Gasteiger partial charge in [0.05, 0.1) is 48.7 Å². The molecule has 10 heteroatoms. The molecular weight excluding hydrogens is 420 g/mol. The third kappa shape index (κ3) is 4.48. The summed E-state index contributed by atoms with van der Waals surface area (Å²) >= 11 is 0. The van der Waals surface area contributed by atoms with Crippen molar-refractivity contribution in [3.05, 3.63) is 24.0 Å². The molecular formula is C21H30N4O5S. The number of methoxy groups -OCH3 is 1. The maximum atomic E-state index is 13.0. The van der Waals surface area contributed by atoms with Crippen molar-refractivity contribution in [3.8, 4) is 0 Å². The van der Waals surface area contributed by atoms with Gasteiger partial charge in [0.25, 0.3) is 0 Å². The highest BCUT2D eigenvalue weighted by molar-refractivity contribution is 7.89. The molecule has 0 N–H and O–H groups in total. The van der Waals surface area contributed by atoms with Crippen LogP contribution >= 0.6 is 0 Å². The fourth-order valence-electron chi connectivity index (χ4n) is 4.42. The van der Waals surface area contributed by atoms with E-state index in [2.05, 4.69) is 16.4 Å². The van der Waals surface area contributed by atoms with E-state index < -0.39 is 10.0 Å². The number of aromatic nitrogens is 2. The number of aryl methyl sites for hydroxylation is 1. The van der Waals surface area contributed by atoms with Gasteiger partial charge in [0.1, 0.15) is 5.82 Å². The molecule has 9 nitrogen and oxygen atoms in total. The van der Waals surface area contributed by atoms with E-state index in [4.69, 9.17) is 14.5 Å². The van der Waals surface area contributed by atoms with E-state index >= 15 is 0 Å². The SMILES string of the molecule is CCn1c(CN2CCC(C(=O)OC)CC2)nc2cc(S(=O)(=O)N3CCOCC3)ccc21. The van der Waals surface area contributed by atoms with Crippen LogP contribution in [0.1, 0.15) is 25.6 Å². The van der Waals surface area contributed by atoms with Crippen LogP contribution in [0.25, 0.3) is 11.0 Å². The van der Waals surface area contributed by atoms with Crippen LogP contribution in [-0.4, -0.2) is 79.6 Å². The summed E-state index contributed by atoms with van der Waals surface area (Å²) in [5, 5.41) is 0. The summed E-state index contributed by atoms with van der Waals surface area (Å²) < 4.78 is 39.8. The average Bonchev–Trinajstić information content (AvgIpc) is 3.15. The van der Waals surface area contributed by atoms with E-state index in [9.17, 15) is 13.2 Å². The Labute approximate surface area is 183 Å². The highest BCUT2D eigenvalue weighted by atomic mass is 32.2. The fraction of sp³-hybridized carbons (Fsp3) is 0.619. The molecule has 2 saturated heterocycles. The number of esters is 1. The first-order chi connectivity index (χ1) is 14.9. The van der Waals surface area contributed by atoms with Crippen molar-refractivity contribution in [1.82, 2.24) is 18.8 Å². The predicted molar refractivity (Wildman–Crippen MR) is 115 cm³/mol. The van der Waals surface area contributed by atoms with Crippen LogP contribution in [0.15, 0.2) is 23.1 Å². The number of hydrogen-bond donors (Lipinski definition) is 0. The number of nitrogens with zero attached hydrogens (tertiary/aromatic N) is 4.